The van der Waals surface area contributed by atoms with E-state index in [0.29, 0.717) is 17.6 Å². The van der Waals surface area contributed by atoms with Crippen LogP contribution in [0.25, 0.3) is 10.9 Å². The highest BCUT2D eigenvalue weighted by molar-refractivity contribution is 6.10. The summed E-state index contributed by atoms with van der Waals surface area (Å²) in [6.07, 6.45) is 1.56. The van der Waals surface area contributed by atoms with Crippen LogP contribution in [0.2, 0.25) is 0 Å². The number of pyridine rings is 1. The Bertz CT molecular complexity index is 956. The molecule has 0 saturated carbocycles. The van der Waals surface area contributed by atoms with Gasteiger partial charge in [-0.15, -0.1) is 0 Å². The molecule has 0 spiro atoms. The van der Waals surface area contributed by atoms with Gasteiger partial charge in [-0.25, -0.2) is 4.39 Å². The molecule has 0 bridgehead atoms. The van der Waals surface area contributed by atoms with E-state index in [2.05, 4.69) is 0 Å². The Labute approximate surface area is 133 Å². The first-order chi connectivity index (χ1) is 11.0. The van der Waals surface area contributed by atoms with Crippen LogP contribution in [0.1, 0.15) is 28.4 Å². The second kappa shape index (κ2) is 5.80. The molecular weight excluding hydrogens is 293 g/mol. The van der Waals surface area contributed by atoms with Crippen molar-refractivity contribution in [1.82, 2.24) is 4.57 Å². The van der Waals surface area contributed by atoms with Crippen LogP contribution in [-0.2, 0) is 6.54 Å². The molecule has 0 radical (unpaired) electrons. The summed E-state index contributed by atoms with van der Waals surface area (Å²) in [6.45, 7) is 4.42. The Kier molecular flexibility index (Phi) is 3.82. The Morgan fingerprint density at radius 1 is 1.13 bits per heavy atom. The van der Waals surface area contributed by atoms with Gasteiger partial charge < -0.3 is 4.57 Å². The van der Waals surface area contributed by atoms with Crippen molar-refractivity contribution in [2.75, 3.05) is 0 Å². The number of rotatable bonds is 3. The number of fused-ring (bicyclic) bond motifs is 1. The second-order valence-corrected chi connectivity index (χ2v) is 5.51. The number of ketones is 1. The first-order valence-corrected chi connectivity index (χ1v) is 7.45. The number of carbonyl (C=O) groups is 1. The lowest BCUT2D eigenvalue weighted by molar-refractivity contribution is 0.103. The van der Waals surface area contributed by atoms with Gasteiger partial charge in [-0.3, -0.25) is 9.59 Å². The summed E-state index contributed by atoms with van der Waals surface area (Å²) >= 11 is 0. The molecule has 0 atom stereocenters. The fraction of sp³-hybridized carbons (Fsp3) is 0.158. The van der Waals surface area contributed by atoms with Crippen molar-refractivity contribution in [2.24, 2.45) is 0 Å². The predicted molar refractivity (Wildman–Crippen MR) is 88.5 cm³/mol. The molecule has 0 aliphatic heterocycles. The van der Waals surface area contributed by atoms with E-state index in [9.17, 15) is 14.0 Å². The molecule has 2 aromatic carbocycles. The summed E-state index contributed by atoms with van der Waals surface area (Å²) in [7, 11) is 0. The van der Waals surface area contributed by atoms with Gasteiger partial charge in [0.2, 0.25) is 5.43 Å². The van der Waals surface area contributed by atoms with Crippen LogP contribution >= 0.6 is 0 Å². The summed E-state index contributed by atoms with van der Waals surface area (Å²) in [6, 6.07) is 11.1. The van der Waals surface area contributed by atoms with Crippen molar-refractivity contribution in [1.29, 1.82) is 0 Å². The molecule has 1 aromatic heterocycles. The summed E-state index contributed by atoms with van der Waals surface area (Å²) in [5.41, 5.74) is 1.74. The quantitative estimate of drug-likeness (QED) is 0.692. The topological polar surface area (TPSA) is 39.1 Å². The number of aryl methyl sites for hydroxylation is 2. The molecule has 4 heteroatoms. The van der Waals surface area contributed by atoms with E-state index in [-0.39, 0.29) is 16.7 Å². The van der Waals surface area contributed by atoms with Crippen molar-refractivity contribution < 1.29 is 9.18 Å². The number of carbonyl (C=O) groups excluding carboxylic acids is 1. The lowest BCUT2D eigenvalue weighted by atomic mass is 10.0. The maximum atomic E-state index is 13.5. The van der Waals surface area contributed by atoms with Crippen LogP contribution in [-0.4, -0.2) is 10.4 Å². The molecule has 0 saturated heterocycles. The van der Waals surface area contributed by atoms with Crippen molar-refractivity contribution in [2.45, 2.75) is 20.4 Å². The van der Waals surface area contributed by atoms with Crippen molar-refractivity contribution in [3.63, 3.8) is 0 Å². The van der Waals surface area contributed by atoms with Crippen LogP contribution in [0, 0.1) is 12.7 Å². The number of hydrogen-bond donors (Lipinski definition) is 0. The minimum absolute atomic E-state index is 0.0637. The summed E-state index contributed by atoms with van der Waals surface area (Å²) in [4.78, 5) is 25.3. The molecular formula is C19H16FNO2. The molecule has 0 aliphatic rings. The van der Waals surface area contributed by atoms with Gasteiger partial charge in [0.1, 0.15) is 5.82 Å². The van der Waals surface area contributed by atoms with Crippen LogP contribution in [0.3, 0.4) is 0 Å². The third-order valence-corrected chi connectivity index (χ3v) is 3.94. The van der Waals surface area contributed by atoms with E-state index in [0.717, 1.165) is 5.56 Å². The maximum absolute atomic E-state index is 13.5. The Balaban J connectivity index is 2.25. The lowest BCUT2D eigenvalue weighted by Crippen LogP contribution is -2.19. The van der Waals surface area contributed by atoms with Gasteiger partial charge in [0, 0.05) is 23.7 Å². The predicted octanol–water partition coefficient (Wildman–Crippen LogP) is 3.70. The molecule has 0 N–H and O–H groups in total. The Hall–Kier alpha value is -2.75. The van der Waals surface area contributed by atoms with E-state index >= 15 is 0 Å². The van der Waals surface area contributed by atoms with Gasteiger partial charge in [-0.05, 0) is 32.0 Å². The van der Waals surface area contributed by atoms with E-state index in [1.54, 1.807) is 29.0 Å². The fourth-order valence-electron chi connectivity index (χ4n) is 2.65. The third kappa shape index (κ3) is 2.68. The molecule has 0 fully saturated rings. The first-order valence-electron chi connectivity index (χ1n) is 7.45. The molecule has 0 aliphatic carbocycles. The molecule has 1 heterocycles. The van der Waals surface area contributed by atoms with Gasteiger partial charge in [0.25, 0.3) is 0 Å². The monoisotopic (exact) mass is 309 g/mol. The van der Waals surface area contributed by atoms with Crippen LogP contribution in [0.5, 0.6) is 0 Å². The first kappa shape index (κ1) is 15.2. The standard InChI is InChI=1S/C19H16FNO2/c1-3-21-11-16(18(22)13-6-4-12(2)5-7-13)19(23)15-10-14(20)8-9-17(15)21/h4-11H,3H2,1-2H3. The molecule has 3 aromatic rings. The molecule has 23 heavy (non-hydrogen) atoms. The number of nitrogens with zero attached hydrogens (tertiary/aromatic N) is 1. The average molecular weight is 309 g/mol. The zero-order chi connectivity index (χ0) is 16.6. The third-order valence-electron chi connectivity index (χ3n) is 3.94. The van der Waals surface area contributed by atoms with Crippen LogP contribution < -0.4 is 5.43 Å². The highest BCUT2D eigenvalue weighted by atomic mass is 19.1. The van der Waals surface area contributed by atoms with E-state index in [4.69, 9.17) is 0 Å². The summed E-state index contributed by atoms with van der Waals surface area (Å²) < 4.78 is 15.3. The molecule has 3 rings (SSSR count). The highest BCUT2D eigenvalue weighted by Gasteiger charge is 2.17. The van der Waals surface area contributed by atoms with Gasteiger partial charge in [0.15, 0.2) is 5.78 Å². The minimum atomic E-state index is -0.489. The number of hydrogen-bond acceptors (Lipinski definition) is 2. The van der Waals surface area contributed by atoms with E-state index in [1.165, 1.54) is 12.1 Å². The average Bonchev–Trinajstić information content (AvgIpc) is 2.56. The summed E-state index contributed by atoms with van der Waals surface area (Å²) in [5, 5.41) is 0.227. The zero-order valence-electron chi connectivity index (χ0n) is 13.0. The van der Waals surface area contributed by atoms with Crippen molar-refractivity contribution in [3.05, 3.63) is 81.4 Å². The molecule has 116 valence electrons. The molecule has 0 unspecified atom stereocenters. The van der Waals surface area contributed by atoms with E-state index < -0.39 is 11.2 Å². The SMILES string of the molecule is CCn1cc(C(=O)c2ccc(C)cc2)c(=O)c2cc(F)ccc21. The normalized spacial score (nSPS) is 10.9. The smallest absolute Gasteiger partial charge is 0.200 e. The summed E-state index contributed by atoms with van der Waals surface area (Å²) in [5.74, 6) is -0.833. The second-order valence-electron chi connectivity index (χ2n) is 5.51. The van der Waals surface area contributed by atoms with E-state index in [1.807, 2.05) is 26.0 Å². The van der Waals surface area contributed by atoms with Crippen molar-refractivity contribution in [3.8, 4) is 0 Å². The van der Waals surface area contributed by atoms with Gasteiger partial charge in [-0.1, -0.05) is 29.8 Å². The Morgan fingerprint density at radius 3 is 2.48 bits per heavy atom. The van der Waals surface area contributed by atoms with Gasteiger partial charge >= 0.3 is 0 Å². The fourth-order valence-corrected chi connectivity index (χ4v) is 2.65. The largest absolute Gasteiger partial charge is 0.347 e. The lowest BCUT2D eigenvalue weighted by Gasteiger charge is -2.11. The molecule has 0 amide bonds. The number of aromatic nitrogens is 1. The zero-order valence-corrected chi connectivity index (χ0v) is 13.0. The molecule has 3 nitrogen and oxygen atoms in total. The number of benzene rings is 2. The van der Waals surface area contributed by atoms with Crippen molar-refractivity contribution >= 4 is 16.7 Å². The van der Waals surface area contributed by atoms with Crippen LogP contribution in [0.15, 0.2) is 53.5 Å². The van der Waals surface area contributed by atoms with Gasteiger partial charge in [0.05, 0.1) is 11.1 Å². The van der Waals surface area contributed by atoms with Crippen LogP contribution in [0.4, 0.5) is 4.39 Å². The Morgan fingerprint density at radius 2 is 1.83 bits per heavy atom. The minimum Gasteiger partial charge on any atom is -0.347 e. The van der Waals surface area contributed by atoms with Gasteiger partial charge in [-0.2, -0.15) is 0 Å². The maximum Gasteiger partial charge on any atom is 0.200 e. The number of halogens is 1. The highest BCUT2D eigenvalue weighted by Crippen LogP contribution is 2.16.